The number of aromatic amines is 2. The number of methoxy groups -OCH3 is 1. The molecule has 4 N–H and O–H groups in total. The molecule has 14 heteroatoms. The van der Waals surface area contributed by atoms with Crippen LogP contribution < -0.4 is 10.6 Å². The van der Waals surface area contributed by atoms with Crippen molar-refractivity contribution in [3.05, 3.63) is 71.4 Å². The molecule has 1 aliphatic rings. The number of H-pyrrole nitrogens is 2. The third-order valence-corrected chi connectivity index (χ3v) is 8.60. The van der Waals surface area contributed by atoms with Crippen LogP contribution in [0.5, 0.6) is 0 Å². The number of hydrogen-bond acceptors (Lipinski definition) is 9. The molecule has 0 radical (unpaired) electrons. The van der Waals surface area contributed by atoms with Gasteiger partial charge in [-0.25, -0.2) is 19.8 Å². The summed E-state index contributed by atoms with van der Waals surface area (Å²) in [5.74, 6) is 7.24. The number of carbonyl (C=O) groups is 3. The summed E-state index contributed by atoms with van der Waals surface area (Å²) in [6.07, 6.45) is 3.97. The summed E-state index contributed by atoms with van der Waals surface area (Å²) < 4.78 is 4.63. The van der Waals surface area contributed by atoms with E-state index in [9.17, 15) is 14.4 Å². The Balaban J connectivity index is 1.22. The smallest absolute Gasteiger partial charge is 0.407 e. The molecule has 2 aromatic carbocycles. The number of likely N-dealkylation sites (tertiary alicyclic amines) is 1. The maximum absolute atomic E-state index is 13.5. The lowest BCUT2D eigenvalue weighted by Crippen LogP contribution is -2.49. The molecule has 4 aromatic rings. The summed E-state index contributed by atoms with van der Waals surface area (Å²) in [5.41, 5.74) is 4.92. The molecule has 0 saturated carbocycles. The molecule has 5 rings (SSSR count). The molecular formula is C37H44N8O6. The Kier molecular flexibility index (Phi) is 12.1. The van der Waals surface area contributed by atoms with Gasteiger partial charge in [-0.15, -0.1) is 0 Å². The summed E-state index contributed by atoms with van der Waals surface area (Å²) >= 11 is 0. The van der Waals surface area contributed by atoms with E-state index in [0.29, 0.717) is 12.4 Å². The first-order valence-electron chi connectivity index (χ1n) is 16.9. The molecule has 3 amide bonds. The lowest BCUT2D eigenvalue weighted by Gasteiger charge is -2.27. The van der Waals surface area contributed by atoms with Crippen LogP contribution in [-0.4, -0.2) is 82.0 Å². The number of amides is 3. The molecule has 51 heavy (non-hydrogen) atoms. The fraction of sp³-hybridized carbons (Fsp3) is 0.405. The van der Waals surface area contributed by atoms with Gasteiger partial charge in [-0.05, 0) is 55.0 Å². The van der Waals surface area contributed by atoms with Crippen molar-refractivity contribution in [2.24, 2.45) is 16.8 Å². The van der Waals surface area contributed by atoms with Crippen molar-refractivity contribution in [3.8, 4) is 23.1 Å². The maximum atomic E-state index is 13.5. The zero-order chi connectivity index (χ0) is 36.5. The van der Waals surface area contributed by atoms with E-state index in [2.05, 4.69) is 52.0 Å². The number of rotatable bonds is 12. The highest BCUT2D eigenvalue weighted by Crippen LogP contribution is 2.33. The van der Waals surface area contributed by atoms with Crippen molar-refractivity contribution in [1.82, 2.24) is 35.5 Å². The van der Waals surface area contributed by atoms with E-state index in [1.807, 2.05) is 75.1 Å². The monoisotopic (exact) mass is 696 g/mol. The predicted molar refractivity (Wildman–Crippen MR) is 191 cm³/mol. The van der Waals surface area contributed by atoms with Gasteiger partial charge in [0.1, 0.15) is 23.7 Å². The fourth-order valence-electron chi connectivity index (χ4n) is 5.87. The summed E-state index contributed by atoms with van der Waals surface area (Å²) in [6.45, 7) is 8.39. The Labute approximate surface area is 296 Å². The molecular weight excluding hydrogens is 652 g/mol. The summed E-state index contributed by atoms with van der Waals surface area (Å²) in [6, 6.07) is 12.1. The fourth-order valence-corrected chi connectivity index (χ4v) is 5.87. The summed E-state index contributed by atoms with van der Waals surface area (Å²) in [5, 5.41) is 5.36. The van der Waals surface area contributed by atoms with Crippen LogP contribution in [-0.2, 0) is 30.6 Å². The van der Waals surface area contributed by atoms with Crippen LogP contribution in [0.4, 0.5) is 4.79 Å². The molecule has 0 bridgehead atoms. The maximum Gasteiger partial charge on any atom is 0.407 e. The van der Waals surface area contributed by atoms with E-state index < -0.39 is 18.2 Å². The van der Waals surface area contributed by atoms with E-state index in [1.165, 1.54) is 20.6 Å². The minimum Gasteiger partial charge on any atom is -0.453 e. The summed E-state index contributed by atoms with van der Waals surface area (Å²) in [4.78, 5) is 69.3. The molecule has 0 spiro atoms. The Morgan fingerprint density at radius 3 is 2.49 bits per heavy atom. The van der Waals surface area contributed by atoms with E-state index in [-0.39, 0.29) is 36.2 Å². The van der Waals surface area contributed by atoms with Crippen molar-refractivity contribution in [1.29, 1.82) is 0 Å². The van der Waals surface area contributed by atoms with Crippen LogP contribution in [0.2, 0.25) is 0 Å². The largest absolute Gasteiger partial charge is 0.453 e. The summed E-state index contributed by atoms with van der Waals surface area (Å²) in [7, 11) is 2.64. The highest BCUT2D eigenvalue weighted by molar-refractivity contribution is 5.86. The zero-order valence-corrected chi connectivity index (χ0v) is 29.6. The van der Waals surface area contributed by atoms with Crippen molar-refractivity contribution in [2.75, 3.05) is 20.8 Å². The van der Waals surface area contributed by atoms with Crippen molar-refractivity contribution in [3.63, 3.8) is 0 Å². The molecule has 3 heterocycles. The number of carbonyl (C=O) groups excluding carboxylic acids is 3. The number of hydrogen-bond donors (Lipinski definition) is 4. The van der Waals surface area contributed by atoms with Crippen LogP contribution >= 0.6 is 0 Å². The SMILES string of the molecule is COO/C=N\[C@H](C(=O)N1CCC[C@H]1c1nc2cc(C#Cc3ccc(-c4c[nH]c(CNC(=O)[C@@H](NC(=O)OC)C(C)C)n4)cc3)ccc2[nH]1)C(C)C. The van der Waals surface area contributed by atoms with E-state index in [1.54, 1.807) is 6.20 Å². The molecule has 1 saturated heterocycles. The molecule has 0 unspecified atom stereocenters. The first-order valence-corrected chi connectivity index (χ1v) is 16.9. The number of aromatic nitrogens is 4. The van der Waals surface area contributed by atoms with Gasteiger partial charge in [0.2, 0.25) is 18.2 Å². The van der Waals surface area contributed by atoms with Crippen LogP contribution in [0.25, 0.3) is 22.3 Å². The molecule has 1 fully saturated rings. The van der Waals surface area contributed by atoms with Crippen LogP contribution in [0.15, 0.2) is 53.7 Å². The number of nitrogens with one attached hydrogen (secondary N) is 4. The first kappa shape index (κ1) is 36.6. The Morgan fingerprint density at radius 1 is 1.04 bits per heavy atom. The van der Waals surface area contributed by atoms with Crippen molar-refractivity contribution < 1.29 is 28.9 Å². The van der Waals surface area contributed by atoms with E-state index >= 15 is 0 Å². The normalized spacial score (nSPS) is 15.5. The highest BCUT2D eigenvalue weighted by atomic mass is 17.2. The van der Waals surface area contributed by atoms with Crippen molar-refractivity contribution in [2.45, 2.75) is 65.2 Å². The lowest BCUT2D eigenvalue weighted by molar-refractivity contribution is -0.188. The second kappa shape index (κ2) is 16.8. The zero-order valence-electron chi connectivity index (χ0n) is 29.6. The Morgan fingerprint density at radius 2 is 1.78 bits per heavy atom. The van der Waals surface area contributed by atoms with Gasteiger partial charge in [-0.2, -0.15) is 4.89 Å². The van der Waals surface area contributed by atoms with Gasteiger partial charge in [-0.3, -0.25) is 9.59 Å². The quantitative estimate of drug-likeness (QED) is 0.0545. The first-order chi connectivity index (χ1) is 24.6. The Hall–Kier alpha value is -5.68. The molecule has 1 aliphatic heterocycles. The van der Waals surface area contributed by atoms with Crippen LogP contribution in [0, 0.1) is 23.7 Å². The van der Waals surface area contributed by atoms with Crippen LogP contribution in [0.3, 0.4) is 0 Å². The van der Waals surface area contributed by atoms with Gasteiger partial charge in [0, 0.05) is 29.4 Å². The van der Waals surface area contributed by atoms with Crippen molar-refractivity contribution >= 4 is 35.3 Å². The minimum absolute atomic E-state index is 0.0180. The third kappa shape index (κ3) is 9.11. The number of aliphatic imine (C=N–C) groups is 1. The van der Waals surface area contributed by atoms with E-state index in [0.717, 1.165) is 52.1 Å². The minimum atomic E-state index is -0.731. The van der Waals surface area contributed by atoms with Gasteiger partial charge >= 0.3 is 6.09 Å². The standard InChI is InChI=1S/C37H44N8O6/c1-22(2)32(44-37(48)49-5)35(46)39-20-31-38-19-29(41-31)26-14-11-24(12-15-26)9-10-25-13-16-27-28(18-25)43-34(42-27)30-8-7-17-45(30)36(47)33(23(3)4)40-21-51-50-6/h11-16,18-19,21-23,30,32-33H,7-8,17,20H2,1-6H3,(H,38,41)(H,39,46)(H,42,43)(H,44,48)/b40-21-/t30-,32-,33-/m0/s1. The van der Waals surface area contributed by atoms with Gasteiger partial charge in [0.15, 0.2) is 0 Å². The lowest BCUT2D eigenvalue weighted by atomic mass is 10.0. The number of nitrogens with zero attached hydrogens (tertiary/aromatic N) is 4. The molecule has 3 atom stereocenters. The molecule has 268 valence electrons. The third-order valence-electron chi connectivity index (χ3n) is 8.60. The predicted octanol–water partition coefficient (Wildman–Crippen LogP) is 4.64. The number of benzene rings is 2. The molecule has 0 aliphatic carbocycles. The topological polar surface area (TPSA) is 176 Å². The second-order valence-electron chi connectivity index (χ2n) is 12.9. The number of alkyl carbamates (subject to hydrolysis) is 1. The number of imidazole rings is 2. The number of fused-ring (bicyclic) bond motifs is 1. The van der Waals surface area contributed by atoms with Gasteiger partial charge in [0.05, 0.1) is 43.5 Å². The van der Waals surface area contributed by atoms with Gasteiger partial charge in [0.25, 0.3) is 0 Å². The van der Waals surface area contributed by atoms with E-state index in [4.69, 9.17) is 9.87 Å². The molecule has 14 nitrogen and oxygen atoms in total. The average molecular weight is 697 g/mol. The van der Waals surface area contributed by atoms with Crippen LogP contribution in [0.1, 0.15) is 69.4 Å². The average Bonchev–Trinajstić information content (AvgIpc) is 3.90. The Bertz CT molecular complexity index is 1920. The molecule has 2 aromatic heterocycles. The van der Waals surface area contributed by atoms with Gasteiger partial charge < -0.3 is 35.1 Å². The highest BCUT2D eigenvalue weighted by Gasteiger charge is 2.36. The van der Waals surface area contributed by atoms with Gasteiger partial charge in [-0.1, -0.05) is 51.7 Å². The number of ether oxygens (including phenoxy) is 1. The second-order valence-corrected chi connectivity index (χ2v) is 12.9.